The number of nitrogens with two attached hydrogens (primary N) is 1. The van der Waals surface area contributed by atoms with Crippen molar-refractivity contribution >= 4 is 23.4 Å². The van der Waals surface area contributed by atoms with Crippen molar-refractivity contribution in [3.05, 3.63) is 56.2 Å². The van der Waals surface area contributed by atoms with E-state index >= 15 is 0 Å². The Hall–Kier alpha value is -3.50. The van der Waals surface area contributed by atoms with E-state index in [9.17, 15) is 28.0 Å². The van der Waals surface area contributed by atoms with E-state index in [1.807, 2.05) is 13.8 Å². The van der Waals surface area contributed by atoms with Crippen molar-refractivity contribution in [1.29, 1.82) is 0 Å². The number of carbonyl (C=O) groups excluding carboxylic acids is 2. The van der Waals surface area contributed by atoms with E-state index in [1.165, 1.54) is 0 Å². The minimum absolute atomic E-state index is 0.0788. The molecule has 0 aliphatic rings. The standard InChI is InChI=1S/C20H24F2N4O5/c1-3-5-9-25(16-17(23)26(8-4-2)20(30)24-18(16)28)15(27)11-31-19(29)13-7-6-12(21)10-14(13)22/h6-7,10H,3-5,8-9,11,23H2,1-2H3,(H,24,28,30). The van der Waals surface area contributed by atoms with E-state index in [4.69, 9.17) is 10.5 Å². The third-order valence-electron chi connectivity index (χ3n) is 4.45. The van der Waals surface area contributed by atoms with Crippen LogP contribution in [0.4, 0.5) is 20.3 Å². The van der Waals surface area contributed by atoms with Crippen LogP contribution >= 0.6 is 0 Å². The Balaban J connectivity index is 2.31. The highest BCUT2D eigenvalue weighted by molar-refractivity contribution is 5.98. The summed E-state index contributed by atoms with van der Waals surface area (Å²) >= 11 is 0. The van der Waals surface area contributed by atoms with E-state index < -0.39 is 46.9 Å². The summed E-state index contributed by atoms with van der Waals surface area (Å²) in [4.78, 5) is 52.5. The summed E-state index contributed by atoms with van der Waals surface area (Å²) < 4.78 is 32.8. The predicted molar refractivity (Wildman–Crippen MR) is 110 cm³/mol. The number of rotatable bonds is 9. The van der Waals surface area contributed by atoms with Crippen molar-refractivity contribution < 1.29 is 23.1 Å². The Morgan fingerprint density at radius 3 is 2.52 bits per heavy atom. The van der Waals surface area contributed by atoms with Crippen LogP contribution in [-0.2, 0) is 16.1 Å². The lowest BCUT2D eigenvalue weighted by Crippen LogP contribution is -2.43. The number of unbranched alkanes of at least 4 members (excludes halogenated alkanes) is 1. The Bertz CT molecular complexity index is 1080. The molecule has 1 aromatic carbocycles. The normalized spacial score (nSPS) is 10.7. The Morgan fingerprint density at radius 1 is 1.19 bits per heavy atom. The van der Waals surface area contributed by atoms with Gasteiger partial charge in [0.05, 0.1) is 5.56 Å². The van der Waals surface area contributed by atoms with Gasteiger partial charge in [-0.3, -0.25) is 19.1 Å². The van der Waals surface area contributed by atoms with Gasteiger partial charge in [0, 0.05) is 19.2 Å². The first-order chi connectivity index (χ1) is 14.7. The van der Waals surface area contributed by atoms with Crippen LogP contribution in [0.5, 0.6) is 0 Å². The number of ether oxygens (including phenoxy) is 1. The number of carbonyl (C=O) groups is 2. The van der Waals surface area contributed by atoms with Crippen LogP contribution < -0.4 is 21.9 Å². The number of aromatic amines is 1. The Morgan fingerprint density at radius 2 is 1.90 bits per heavy atom. The number of benzene rings is 1. The van der Waals surface area contributed by atoms with Gasteiger partial charge in [-0.1, -0.05) is 20.3 Å². The molecule has 0 atom stereocenters. The van der Waals surface area contributed by atoms with Crippen LogP contribution in [0.15, 0.2) is 27.8 Å². The number of nitrogens with zero attached hydrogens (tertiary/aromatic N) is 2. The van der Waals surface area contributed by atoms with Gasteiger partial charge in [-0.05, 0) is 25.0 Å². The number of aromatic nitrogens is 2. The largest absolute Gasteiger partial charge is 0.452 e. The maximum absolute atomic E-state index is 13.7. The minimum Gasteiger partial charge on any atom is -0.452 e. The molecule has 0 saturated heterocycles. The highest BCUT2D eigenvalue weighted by atomic mass is 19.1. The molecule has 11 heteroatoms. The van der Waals surface area contributed by atoms with Gasteiger partial charge in [0.2, 0.25) is 0 Å². The first kappa shape index (κ1) is 23.8. The Kier molecular flexibility index (Phi) is 8.06. The zero-order valence-electron chi connectivity index (χ0n) is 17.2. The second-order valence-electron chi connectivity index (χ2n) is 6.74. The summed E-state index contributed by atoms with van der Waals surface area (Å²) in [6.45, 7) is 3.17. The second kappa shape index (κ2) is 10.5. The van der Waals surface area contributed by atoms with E-state index in [2.05, 4.69) is 4.98 Å². The van der Waals surface area contributed by atoms with Gasteiger partial charge in [0.25, 0.3) is 11.5 Å². The molecular weight excluding hydrogens is 414 g/mol. The topological polar surface area (TPSA) is 127 Å². The maximum Gasteiger partial charge on any atom is 0.341 e. The molecule has 1 aromatic heterocycles. The van der Waals surface area contributed by atoms with Crippen molar-refractivity contribution in [1.82, 2.24) is 9.55 Å². The quantitative estimate of drug-likeness (QED) is 0.575. The summed E-state index contributed by atoms with van der Waals surface area (Å²) in [6.07, 6.45) is 1.73. The average molecular weight is 438 g/mol. The number of H-pyrrole nitrogens is 1. The molecule has 0 spiro atoms. The molecule has 31 heavy (non-hydrogen) atoms. The highest BCUT2D eigenvalue weighted by Gasteiger charge is 2.25. The molecule has 2 rings (SSSR count). The molecule has 0 unspecified atom stereocenters. The van der Waals surface area contributed by atoms with Crippen LogP contribution in [0, 0.1) is 11.6 Å². The SMILES string of the molecule is CCCCN(C(=O)COC(=O)c1ccc(F)cc1F)c1c(N)n(CCC)c(=O)[nH]c1=O. The van der Waals surface area contributed by atoms with Gasteiger partial charge in [-0.2, -0.15) is 0 Å². The number of nitrogens with one attached hydrogen (secondary N) is 1. The molecule has 1 amide bonds. The first-order valence-corrected chi connectivity index (χ1v) is 9.76. The van der Waals surface area contributed by atoms with Gasteiger partial charge < -0.3 is 15.4 Å². The highest BCUT2D eigenvalue weighted by Crippen LogP contribution is 2.18. The van der Waals surface area contributed by atoms with Gasteiger partial charge >= 0.3 is 11.7 Å². The summed E-state index contributed by atoms with van der Waals surface area (Å²) in [5.41, 5.74) is 3.70. The van der Waals surface area contributed by atoms with Crippen LogP contribution in [0.2, 0.25) is 0 Å². The number of nitrogen functional groups attached to an aromatic ring is 1. The fourth-order valence-electron chi connectivity index (χ4n) is 2.90. The molecular formula is C20H24F2N4O5. The zero-order chi connectivity index (χ0) is 23.1. The van der Waals surface area contributed by atoms with Crippen molar-refractivity contribution in [2.24, 2.45) is 0 Å². The third-order valence-corrected chi connectivity index (χ3v) is 4.45. The Labute approximate surface area is 176 Å². The number of esters is 1. The fraction of sp³-hybridized carbons (Fsp3) is 0.400. The smallest absolute Gasteiger partial charge is 0.341 e. The lowest BCUT2D eigenvalue weighted by Gasteiger charge is -2.24. The maximum atomic E-state index is 13.7. The molecule has 2 aromatic rings. The van der Waals surface area contributed by atoms with Crippen LogP contribution in [0.3, 0.4) is 0 Å². The molecule has 0 fully saturated rings. The zero-order valence-corrected chi connectivity index (χ0v) is 17.2. The molecule has 3 N–H and O–H groups in total. The lowest BCUT2D eigenvalue weighted by atomic mass is 10.2. The molecule has 0 aliphatic carbocycles. The van der Waals surface area contributed by atoms with Crippen molar-refractivity contribution in [3.63, 3.8) is 0 Å². The van der Waals surface area contributed by atoms with Crippen molar-refractivity contribution in [2.45, 2.75) is 39.7 Å². The van der Waals surface area contributed by atoms with E-state index in [-0.39, 0.29) is 24.6 Å². The molecule has 0 bridgehead atoms. The monoisotopic (exact) mass is 438 g/mol. The summed E-state index contributed by atoms with van der Waals surface area (Å²) in [5, 5.41) is 0. The number of anilines is 2. The number of hydrogen-bond acceptors (Lipinski definition) is 6. The molecule has 0 saturated carbocycles. The second-order valence-corrected chi connectivity index (χ2v) is 6.74. The van der Waals surface area contributed by atoms with Gasteiger partial charge in [0.15, 0.2) is 12.3 Å². The number of halogens is 2. The lowest BCUT2D eigenvalue weighted by molar-refractivity contribution is -0.121. The van der Waals surface area contributed by atoms with Crippen molar-refractivity contribution in [3.8, 4) is 0 Å². The minimum atomic E-state index is -1.17. The van der Waals surface area contributed by atoms with Crippen LogP contribution in [0.1, 0.15) is 43.5 Å². The van der Waals surface area contributed by atoms with Gasteiger partial charge in [-0.15, -0.1) is 0 Å². The van der Waals surface area contributed by atoms with Crippen LogP contribution in [0.25, 0.3) is 0 Å². The predicted octanol–water partition coefficient (Wildman–Crippen LogP) is 1.80. The number of amides is 1. The first-order valence-electron chi connectivity index (χ1n) is 9.76. The third kappa shape index (κ3) is 5.56. The van der Waals surface area contributed by atoms with Gasteiger partial charge in [0.1, 0.15) is 17.5 Å². The fourth-order valence-corrected chi connectivity index (χ4v) is 2.90. The van der Waals surface area contributed by atoms with Gasteiger partial charge in [-0.25, -0.2) is 18.4 Å². The summed E-state index contributed by atoms with van der Waals surface area (Å²) in [6, 6.07) is 2.30. The summed E-state index contributed by atoms with van der Waals surface area (Å²) in [5.74, 6) is -4.14. The number of hydrogen-bond donors (Lipinski definition) is 2. The van der Waals surface area contributed by atoms with Crippen molar-refractivity contribution in [2.75, 3.05) is 23.8 Å². The molecule has 9 nitrogen and oxygen atoms in total. The van der Waals surface area contributed by atoms with E-state index in [0.29, 0.717) is 25.3 Å². The van der Waals surface area contributed by atoms with E-state index in [1.54, 1.807) is 0 Å². The van der Waals surface area contributed by atoms with E-state index in [0.717, 1.165) is 21.6 Å². The molecule has 0 aliphatic heterocycles. The molecule has 1 heterocycles. The summed E-state index contributed by atoms with van der Waals surface area (Å²) in [7, 11) is 0. The molecule has 0 radical (unpaired) electrons. The van der Waals surface area contributed by atoms with Crippen LogP contribution in [-0.4, -0.2) is 34.6 Å². The molecule has 168 valence electrons. The average Bonchev–Trinajstić information content (AvgIpc) is 2.71.